The Bertz CT molecular complexity index is 114. The Hall–Kier alpha value is 0.0200. The molecule has 0 saturated carbocycles. The molecule has 1 aliphatic heterocycles. The van der Waals surface area contributed by atoms with Gasteiger partial charge in [-0.15, -0.1) is 0 Å². The molecular weight excluding hydrogens is 129 g/mol. The third kappa shape index (κ3) is 1.51. The van der Waals surface area contributed by atoms with E-state index in [1.807, 2.05) is 0 Å². The average molecular weight is 133 g/mol. The van der Waals surface area contributed by atoms with Gasteiger partial charge in [-0.05, 0) is 8.20 Å². The van der Waals surface area contributed by atoms with Crippen molar-refractivity contribution in [3.8, 4) is 0 Å². The van der Waals surface area contributed by atoms with Gasteiger partial charge in [-0.1, -0.05) is 12.2 Å². The molecule has 1 heterocycles. The van der Waals surface area contributed by atoms with Gasteiger partial charge < -0.3 is 10.1 Å². The summed E-state index contributed by atoms with van der Waals surface area (Å²) < 4.78 is 5.64. The summed E-state index contributed by atoms with van der Waals surface area (Å²) >= 11 is 4.77. The normalized spacial score (nSPS) is 21.4. The summed E-state index contributed by atoms with van der Waals surface area (Å²) in [6, 6.07) is 0. The molecule has 0 spiro atoms. The second-order valence-corrected chi connectivity index (χ2v) is 2.65. The van der Waals surface area contributed by atoms with Crippen LogP contribution in [0.4, 0.5) is 0 Å². The van der Waals surface area contributed by atoms with Gasteiger partial charge in [0.2, 0.25) is 0 Å². The first-order valence-electron chi connectivity index (χ1n) is 1.81. The summed E-state index contributed by atoms with van der Waals surface area (Å²) in [6.45, 7) is 0.534. The van der Waals surface area contributed by atoms with Crippen LogP contribution in [0.15, 0.2) is 0 Å². The Kier molecular flexibility index (Phi) is 1.74. The maximum absolute atomic E-state index is 4.80. The Morgan fingerprint density at radius 3 is 3.14 bits per heavy atom. The number of nitrogens with one attached hydrogen (secondary N) is 1. The molecule has 0 aliphatic carbocycles. The molecule has 7 heavy (non-hydrogen) atoms. The molecule has 0 saturated heterocycles. The molecule has 0 radical (unpaired) electrons. The Balaban J connectivity index is 2.51. The molecule has 2 nitrogen and oxygen atoms in total. The van der Waals surface area contributed by atoms with Gasteiger partial charge >= 0.3 is 0 Å². The minimum atomic E-state index is 0.534. The fourth-order valence-corrected chi connectivity index (χ4v) is 0.860. The van der Waals surface area contributed by atoms with E-state index in [0.29, 0.717) is 6.73 Å². The molecule has 1 N–H and O–H groups in total. The van der Waals surface area contributed by atoms with Crippen LogP contribution in [0.25, 0.3) is 0 Å². The van der Waals surface area contributed by atoms with Crippen molar-refractivity contribution in [2.24, 2.45) is 0 Å². The van der Waals surface area contributed by atoms with Gasteiger partial charge in [0, 0.05) is 0 Å². The van der Waals surface area contributed by atoms with Crippen molar-refractivity contribution in [3.63, 3.8) is 0 Å². The largest absolute Gasteiger partial charge is 0.350 e. The summed E-state index contributed by atoms with van der Waals surface area (Å²) in [4.78, 5) is 0. The lowest BCUT2D eigenvalue weighted by Gasteiger charge is -2.05. The van der Waals surface area contributed by atoms with Crippen LogP contribution in [0, 0.1) is 0 Å². The second kappa shape index (κ2) is 2.36. The highest BCUT2D eigenvalue weighted by atomic mass is 32.1. The topological polar surface area (TPSA) is 21.3 Å². The smallest absolute Gasteiger partial charge is 0.130 e. The zero-order valence-corrected chi connectivity index (χ0v) is 5.26. The van der Waals surface area contributed by atoms with Crippen LogP contribution >= 0.6 is 20.4 Å². The van der Waals surface area contributed by atoms with Crippen LogP contribution < -0.4 is 5.32 Å². The van der Waals surface area contributed by atoms with Gasteiger partial charge in [0.05, 0.1) is 5.98 Å². The van der Waals surface area contributed by atoms with Crippen molar-refractivity contribution in [1.29, 1.82) is 0 Å². The predicted molar refractivity (Wildman–Crippen MR) is 34.7 cm³/mol. The van der Waals surface area contributed by atoms with Gasteiger partial charge in [0.1, 0.15) is 11.5 Å². The van der Waals surface area contributed by atoms with Gasteiger partial charge in [-0.25, -0.2) is 0 Å². The van der Waals surface area contributed by atoms with Crippen LogP contribution in [0.3, 0.4) is 0 Å². The maximum Gasteiger partial charge on any atom is 0.130 e. The third-order valence-electron chi connectivity index (χ3n) is 0.551. The van der Waals surface area contributed by atoms with Gasteiger partial charge in [0.15, 0.2) is 0 Å². The fourth-order valence-electron chi connectivity index (χ4n) is 0.271. The van der Waals surface area contributed by atoms with Gasteiger partial charge in [0.25, 0.3) is 0 Å². The minimum absolute atomic E-state index is 0.534. The summed E-state index contributed by atoms with van der Waals surface area (Å²) in [5, 5.41) is 2.85. The lowest BCUT2D eigenvalue weighted by atomic mass is 11.1. The summed E-state index contributed by atoms with van der Waals surface area (Å²) in [6.07, 6.45) is 0. The van der Waals surface area contributed by atoms with E-state index in [9.17, 15) is 0 Å². The van der Waals surface area contributed by atoms with E-state index in [0.717, 1.165) is 12.9 Å². The Morgan fingerprint density at radius 1 is 2.00 bits per heavy atom. The van der Waals surface area contributed by atoms with Crippen LogP contribution in [-0.4, -0.2) is 17.4 Å². The molecule has 0 atom stereocenters. The van der Waals surface area contributed by atoms with Crippen LogP contribution in [0.1, 0.15) is 0 Å². The third-order valence-corrected chi connectivity index (χ3v) is 1.66. The highest BCUT2D eigenvalue weighted by Gasteiger charge is 1.92. The summed E-state index contributed by atoms with van der Waals surface area (Å²) in [5.74, 6) is 1.68. The van der Waals surface area contributed by atoms with Crippen molar-refractivity contribution >= 4 is 31.1 Å². The highest BCUT2D eigenvalue weighted by molar-refractivity contribution is 7.92. The van der Waals surface area contributed by atoms with Crippen molar-refractivity contribution in [2.75, 3.05) is 6.73 Å². The molecule has 4 heteroatoms. The van der Waals surface area contributed by atoms with E-state index < -0.39 is 0 Å². The molecule has 0 aromatic heterocycles. The molecule has 0 bridgehead atoms. The Labute approximate surface area is 48.7 Å². The number of thiocarbonyl (C=S) groups is 1. The monoisotopic (exact) mass is 133 g/mol. The van der Waals surface area contributed by atoms with E-state index in [-0.39, 0.29) is 0 Å². The quantitative estimate of drug-likeness (QED) is 0.385. The zero-order chi connectivity index (χ0) is 5.11. The Morgan fingerprint density at radius 2 is 2.86 bits per heavy atom. The lowest BCUT2D eigenvalue weighted by Crippen LogP contribution is -2.22. The van der Waals surface area contributed by atoms with Crippen LogP contribution in [0.5, 0.6) is 0 Å². The molecule has 0 aromatic rings. The minimum Gasteiger partial charge on any atom is -0.350 e. The van der Waals surface area contributed by atoms with E-state index in [1.54, 1.807) is 5.98 Å². The number of ether oxygens (including phenoxy) is 1. The van der Waals surface area contributed by atoms with Gasteiger partial charge in [-0.3, -0.25) is 0 Å². The van der Waals surface area contributed by atoms with Crippen molar-refractivity contribution in [1.82, 2.24) is 5.32 Å². The molecule has 1 rings (SSSR count). The van der Waals surface area contributed by atoms with E-state index in [2.05, 4.69) is 5.32 Å². The SMILES string of the molecule is S=C1NCOC=P1. The number of rotatable bonds is 0. The summed E-state index contributed by atoms with van der Waals surface area (Å²) in [5.41, 5.74) is 0. The first kappa shape index (κ1) is 5.16. The molecule has 38 valence electrons. The molecule has 0 aromatic carbocycles. The van der Waals surface area contributed by atoms with E-state index >= 15 is 0 Å². The van der Waals surface area contributed by atoms with Crippen molar-refractivity contribution in [2.45, 2.75) is 0 Å². The lowest BCUT2D eigenvalue weighted by molar-refractivity contribution is 0.317. The molecule has 0 unspecified atom stereocenters. The average Bonchev–Trinajstić information content (AvgIpc) is 1.69. The molecule has 0 fully saturated rings. The number of hydrogen-bond donors (Lipinski definition) is 1. The highest BCUT2D eigenvalue weighted by Crippen LogP contribution is 1.98. The van der Waals surface area contributed by atoms with Crippen LogP contribution in [0.2, 0.25) is 0 Å². The number of hydrogen-bond acceptors (Lipinski definition) is 2. The van der Waals surface area contributed by atoms with E-state index in [1.165, 1.54) is 0 Å². The van der Waals surface area contributed by atoms with Crippen molar-refractivity contribution in [3.05, 3.63) is 0 Å². The second-order valence-electron chi connectivity index (χ2n) is 1.03. The summed E-state index contributed by atoms with van der Waals surface area (Å²) in [7, 11) is 0.970. The molecule has 0 amide bonds. The predicted octanol–water partition coefficient (Wildman–Crippen LogP) is 0.554. The first-order valence-corrected chi connectivity index (χ1v) is 3.19. The molecule has 1 aliphatic rings. The van der Waals surface area contributed by atoms with Gasteiger partial charge in [-0.2, -0.15) is 0 Å². The van der Waals surface area contributed by atoms with Crippen molar-refractivity contribution < 1.29 is 4.74 Å². The standard InChI is InChI=1S/C3H4NOPS/c7-3-4-1-5-2-6-3/h2H,1H2,(H,4,7). The fraction of sp³-hybridized carbons (Fsp3) is 0.333. The molecular formula is C3H4NOPS. The first-order chi connectivity index (χ1) is 3.39. The van der Waals surface area contributed by atoms with Crippen LogP contribution in [-0.2, 0) is 4.74 Å². The maximum atomic E-state index is 4.80. The zero-order valence-electron chi connectivity index (χ0n) is 3.55. The van der Waals surface area contributed by atoms with E-state index in [4.69, 9.17) is 17.0 Å².